The molecule has 1 heterocycles. The van der Waals surface area contributed by atoms with Crippen LogP contribution in [-0.2, 0) is 6.42 Å². The topological polar surface area (TPSA) is 32.9 Å². The number of aromatic nitrogens is 1. The number of alkyl halides is 1. The third-order valence-electron chi connectivity index (χ3n) is 2.99. The first-order valence-electron chi connectivity index (χ1n) is 5.05. The molecule has 76 valence electrons. The lowest BCUT2D eigenvalue weighted by Gasteiger charge is -2.15. The number of hydrogen-bond donors (Lipinski definition) is 1. The number of fused-ring (bicyclic) bond motifs is 3. The van der Waals surface area contributed by atoms with Crippen LogP contribution in [0.3, 0.4) is 0 Å². The van der Waals surface area contributed by atoms with Crippen molar-refractivity contribution in [2.75, 3.05) is 0 Å². The van der Waals surface area contributed by atoms with Crippen LogP contribution in [0, 0.1) is 0 Å². The van der Waals surface area contributed by atoms with Gasteiger partial charge in [-0.25, -0.2) is 0 Å². The summed E-state index contributed by atoms with van der Waals surface area (Å²) >= 11 is 2.23. The summed E-state index contributed by atoms with van der Waals surface area (Å²) < 4.78 is 0.142. The summed E-state index contributed by atoms with van der Waals surface area (Å²) in [5.74, 6) is 0.257. The molecule has 0 spiro atoms. The van der Waals surface area contributed by atoms with Gasteiger partial charge in [-0.2, -0.15) is 0 Å². The summed E-state index contributed by atoms with van der Waals surface area (Å²) in [6.07, 6.45) is 1.98. The summed E-state index contributed by atoms with van der Waals surface area (Å²) in [6.45, 7) is 0. The van der Waals surface area contributed by atoms with Gasteiger partial charge < -0.3 is 4.98 Å². The predicted molar refractivity (Wildman–Crippen MR) is 68.8 cm³/mol. The zero-order valence-corrected chi connectivity index (χ0v) is 10.2. The lowest BCUT2D eigenvalue weighted by molar-refractivity contribution is 0.0981. The second-order valence-corrected chi connectivity index (χ2v) is 5.40. The number of carbonyl (C=O) groups excluding carboxylic acids is 1. The van der Waals surface area contributed by atoms with E-state index in [1.807, 2.05) is 18.2 Å². The molecule has 3 heteroatoms. The van der Waals surface area contributed by atoms with Gasteiger partial charge in [0.25, 0.3) is 0 Å². The Bertz CT molecular complexity index is 544. The fourth-order valence-electron chi connectivity index (χ4n) is 2.23. The molecule has 3 rings (SSSR count). The maximum absolute atomic E-state index is 11.9. The van der Waals surface area contributed by atoms with Crippen LogP contribution in [0.15, 0.2) is 24.3 Å². The molecule has 1 aliphatic carbocycles. The normalized spacial score (nSPS) is 20.6. The molecule has 15 heavy (non-hydrogen) atoms. The molecule has 0 amide bonds. The number of ketones is 1. The number of rotatable bonds is 0. The molecule has 0 radical (unpaired) electrons. The first kappa shape index (κ1) is 9.39. The Kier molecular flexibility index (Phi) is 2.09. The van der Waals surface area contributed by atoms with Gasteiger partial charge in [0.15, 0.2) is 5.78 Å². The van der Waals surface area contributed by atoms with E-state index in [1.54, 1.807) is 0 Å². The van der Waals surface area contributed by atoms with Crippen LogP contribution in [0.4, 0.5) is 0 Å². The summed E-state index contributed by atoms with van der Waals surface area (Å²) in [5, 5.41) is 1.21. The largest absolute Gasteiger partial charge is 0.352 e. The number of nitrogens with one attached hydrogen (secondary N) is 1. The van der Waals surface area contributed by atoms with Gasteiger partial charge in [-0.1, -0.05) is 40.8 Å². The van der Waals surface area contributed by atoms with Crippen LogP contribution in [-0.4, -0.2) is 14.7 Å². The minimum atomic E-state index is 0.142. The van der Waals surface area contributed by atoms with Gasteiger partial charge >= 0.3 is 0 Å². The number of Topliss-reactive ketones (excluding diaryl/α,β-unsaturated/α-hetero) is 1. The molecular formula is C12H10INO. The summed E-state index contributed by atoms with van der Waals surface area (Å²) in [6, 6.07) is 8.14. The van der Waals surface area contributed by atoms with Gasteiger partial charge in [0.05, 0.1) is 9.62 Å². The number of H-pyrrole nitrogens is 1. The Morgan fingerprint density at radius 2 is 2.13 bits per heavy atom. The first-order valence-corrected chi connectivity index (χ1v) is 6.30. The SMILES string of the molecule is O=C1c2[nH]c3ccccc3c2CCC1I. The van der Waals surface area contributed by atoms with Crippen molar-refractivity contribution in [1.82, 2.24) is 4.98 Å². The molecule has 1 aromatic heterocycles. The van der Waals surface area contributed by atoms with Gasteiger partial charge in [-0.15, -0.1) is 0 Å². The second-order valence-electron chi connectivity index (χ2n) is 3.89. The minimum Gasteiger partial charge on any atom is -0.352 e. The molecule has 1 N–H and O–H groups in total. The third-order valence-corrected chi connectivity index (χ3v) is 4.18. The van der Waals surface area contributed by atoms with Gasteiger partial charge in [-0.05, 0) is 24.5 Å². The summed E-state index contributed by atoms with van der Waals surface area (Å²) in [5.41, 5.74) is 3.13. The average molecular weight is 311 g/mol. The molecule has 1 unspecified atom stereocenters. The molecule has 2 nitrogen and oxygen atoms in total. The lowest BCUT2D eigenvalue weighted by atomic mass is 9.95. The van der Waals surface area contributed by atoms with Crippen molar-refractivity contribution in [3.05, 3.63) is 35.5 Å². The zero-order chi connectivity index (χ0) is 10.4. The van der Waals surface area contributed by atoms with Crippen molar-refractivity contribution in [2.45, 2.75) is 16.8 Å². The predicted octanol–water partition coefficient (Wildman–Crippen LogP) is 3.10. The van der Waals surface area contributed by atoms with E-state index in [4.69, 9.17) is 0 Å². The molecule has 0 fully saturated rings. The number of benzene rings is 1. The highest BCUT2D eigenvalue weighted by atomic mass is 127. The number of halogens is 1. The minimum absolute atomic E-state index is 0.142. The van der Waals surface area contributed by atoms with Crippen LogP contribution in [0.5, 0.6) is 0 Å². The van der Waals surface area contributed by atoms with Crippen molar-refractivity contribution >= 4 is 39.3 Å². The highest BCUT2D eigenvalue weighted by Crippen LogP contribution is 2.31. The van der Waals surface area contributed by atoms with Crippen LogP contribution in [0.1, 0.15) is 22.5 Å². The number of aromatic amines is 1. The van der Waals surface area contributed by atoms with E-state index in [0.717, 1.165) is 24.1 Å². The van der Waals surface area contributed by atoms with Gasteiger partial charge in [0.2, 0.25) is 0 Å². The maximum Gasteiger partial charge on any atom is 0.192 e. The Hall–Kier alpha value is -0.840. The molecule has 1 atom stereocenters. The van der Waals surface area contributed by atoms with E-state index < -0.39 is 0 Å². The number of para-hydroxylation sites is 1. The fourth-order valence-corrected chi connectivity index (χ4v) is 2.85. The summed E-state index contributed by atoms with van der Waals surface area (Å²) in [4.78, 5) is 15.2. The van der Waals surface area contributed by atoms with E-state index in [2.05, 4.69) is 33.6 Å². The molecule has 0 bridgehead atoms. The van der Waals surface area contributed by atoms with Crippen molar-refractivity contribution in [1.29, 1.82) is 0 Å². The van der Waals surface area contributed by atoms with E-state index in [9.17, 15) is 4.79 Å². The van der Waals surface area contributed by atoms with Gasteiger partial charge in [0, 0.05) is 10.9 Å². The molecule has 0 saturated heterocycles. The number of aryl methyl sites for hydroxylation is 1. The highest BCUT2D eigenvalue weighted by Gasteiger charge is 2.28. The molecular weight excluding hydrogens is 301 g/mol. The van der Waals surface area contributed by atoms with E-state index in [0.29, 0.717) is 0 Å². The molecule has 2 aromatic rings. The van der Waals surface area contributed by atoms with Crippen molar-refractivity contribution in [2.24, 2.45) is 0 Å². The van der Waals surface area contributed by atoms with Crippen LogP contribution >= 0.6 is 22.6 Å². The van der Waals surface area contributed by atoms with E-state index in [-0.39, 0.29) is 9.71 Å². The Morgan fingerprint density at radius 3 is 3.00 bits per heavy atom. The third kappa shape index (κ3) is 1.33. The van der Waals surface area contributed by atoms with Crippen LogP contribution < -0.4 is 0 Å². The Labute approximate surface area is 101 Å². The Morgan fingerprint density at radius 1 is 1.33 bits per heavy atom. The Balaban J connectivity index is 2.31. The second kappa shape index (κ2) is 3.33. The van der Waals surface area contributed by atoms with Gasteiger partial charge in [0.1, 0.15) is 0 Å². The van der Waals surface area contributed by atoms with Crippen LogP contribution in [0.25, 0.3) is 10.9 Å². The maximum atomic E-state index is 11.9. The lowest BCUT2D eigenvalue weighted by Crippen LogP contribution is -2.21. The van der Waals surface area contributed by atoms with E-state index >= 15 is 0 Å². The van der Waals surface area contributed by atoms with Crippen molar-refractivity contribution in [3.8, 4) is 0 Å². The van der Waals surface area contributed by atoms with Gasteiger partial charge in [-0.3, -0.25) is 4.79 Å². The molecule has 1 aromatic carbocycles. The quantitative estimate of drug-likeness (QED) is 0.588. The molecule has 0 saturated carbocycles. The molecule has 0 aliphatic heterocycles. The number of hydrogen-bond acceptors (Lipinski definition) is 1. The summed E-state index contributed by atoms with van der Waals surface area (Å²) in [7, 11) is 0. The first-order chi connectivity index (χ1) is 7.27. The van der Waals surface area contributed by atoms with Crippen molar-refractivity contribution in [3.63, 3.8) is 0 Å². The fraction of sp³-hybridized carbons (Fsp3) is 0.250. The highest BCUT2D eigenvalue weighted by molar-refractivity contribution is 14.1. The van der Waals surface area contributed by atoms with E-state index in [1.165, 1.54) is 10.9 Å². The number of carbonyl (C=O) groups is 1. The average Bonchev–Trinajstić information content (AvgIpc) is 2.63. The standard InChI is InChI=1S/C12H10INO/c13-9-6-5-8-7-3-1-2-4-10(7)14-11(8)12(9)15/h1-4,9,14H,5-6H2. The monoisotopic (exact) mass is 311 g/mol. The smallest absolute Gasteiger partial charge is 0.192 e. The van der Waals surface area contributed by atoms with Crippen LogP contribution in [0.2, 0.25) is 0 Å². The molecule has 1 aliphatic rings. The van der Waals surface area contributed by atoms with Crippen molar-refractivity contribution < 1.29 is 4.79 Å². The zero-order valence-electron chi connectivity index (χ0n) is 8.09.